The molecule has 0 amide bonds. The first-order chi connectivity index (χ1) is 10.1. The third kappa shape index (κ3) is 4.15. The molecule has 0 saturated carbocycles. The van der Waals surface area contributed by atoms with E-state index in [4.69, 9.17) is 10.5 Å². The van der Waals surface area contributed by atoms with Gasteiger partial charge < -0.3 is 15.8 Å². The zero-order valence-electron chi connectivity index (χ0n) is 13.0. The molecule has 0 saturated heterocycles. The van der Waals surface area contributed by atoms with E-state index in [1.165, 1.54) is 11.1 Å². The first kappa shape index (κ1) is 15.2. The van der Waals surface area contributed by atoms with Gasteiger partial charge in [-0.1, -0.05) is 37.3 Å². The predicted octanol–water partition coefficient (Wildman–Crippen LogP) is 4.23. The topological polar surface area (TPSA) is 47.3 Å². The zero-order chi connectivity index (χ0) is 15.2. The minimum Gasteiger partial charge on any atom is -0.489 e. The van der Waals surface area contributed by atoms with Crippen molar-refractivity contribution in [2.75, 3.05) is 11.1 Å². The Balaban J connectivity index is 2.05. The lowest BCUT2D eigenvalue weighted by atomic mass is 10.1. The van der Waals surface area contributed by atoms with E-state index in [1.807, 2.05) is 32.0 Å². The van der Waals surface area contributed by atoms with Crippen LogP contribution in [0.15, 0.2) is 42.5 Å². The van der Waals surface area contributed by atoms with E-state index in [1.54, 1.807) is 0 Å². The van der Waals surface area contributed by atoms with E-state index in [0.29, 0.717) is 5.69 Å². The van der Waals surface area contributed by atoms with Crippen LogP contribution in [0.5, 0.6) is 5.75 Å². The molecule has 0 fully saturated rings. The molecule has 2 aromatic carbocycles. The van der Waals surface area contributed by atoms with E-state index >= 15 is 0 Å². The molecule has 112 valence electrons. The Hall–Kier alpha value is -2.16. The molecule has 0 aliphatic heterocycles. The van der Waals surface area contributed by atoms with E-state index in [-0.39, 0.29) is 6.10 Å². The molecule has 0 aliphatic rings. The Bertz CT molecular complexity index is 576. The van der Waals surface area contributed by atoms with Crippen molar-refractivity contribution >= 4 is 11.4 Å². The fourth-order valence-corrected chi connectivity index (χ4v) is 2.14. The quantitative estimate of drug-likeness (QED) is 0.780. The number of hydrogen-bond acceptors (Lipinski definition) is 3. The SMILES string of the molecule is CCc1ccc(CNc2cccc(OC(C)C)c2N)cc1. The lowest BCUT2D eigenvalue weighted by Gasteiger charge is -2.16. The molecule has 2 rings (SSSR count). The number of para-hydroxylation sites is 1. The molecular formula is C18H24N2O. The minimum atomic E-state index is 0.115. The Morgan fingerprint density at radius 1 is 1.05 bits per heavy atom. The van der Waals surface area contributed by atoms with Crippen LogP contribution in [0.1, 0.15) is 31.9 Å². The summed E-state index contributed by atoms with van der Waals surface area (Å²) in [6.07, 6.45) is 1.18. The highest BCUT2D eigenvalue weighted by molar-refractivity contribution is 5.73. The van der Waals surface area contributed by atoms with Crippen LogP contribution in [0.4, 0.5) is 11.4 Å². The van der Waals surface area contributed by atoms with E-state index < -0.39 is 0 Å². The molecule has 3 heteroatoms. The van der Waals surface area contributed by atoms with Gasteiger partial charge in [0.2, 0.25) is 0 Å². The van der Waals surface area contributed by atoms with Gasteiger partial charge in [-0.05, 0) is 43.5 Å². The molecule has 0 spiro atoms. The molecule has 0 aromatic heterocycles. The summed E-state index contributed by atoms with van der Waals surface area (Å²) in [6, 6.07) is 14.5. The van der Waals surface area contributed by atoms with Crippen molar-refractivity contribution in [1.82, 2.24) is 0 Å². The van der Waals surface area contributed by atoms with Gasteiger partial charge in [0.15, 0.2) is 0 Å². The van der Waals surface area contributed by atoms with Gasteiger partial charge in [0.25, 0.3) is 0 Å². The lowest BCUT2D eigenvalue weighted by Crippen LogP contribution is -2.09. The highest BCUT2D eigenvalue weighted by Crippen LogP contribution is 2.30. The first-order valence-corrected chi connectivity index (χ1v) is 7.47. The standard InChI is InChI=1S/C18H24N2O/c1-4-14-8-10-15(11-9-14)12-20-16-6-5-7-17(18(16)19)21-13(2)3/h5-11,13,20H,4,12,19H2,1-3H3. The van der Waals surface area contributed by atoms with Gasteiger partial charge in [-0.25, -0.2) is 0 Å². The summed E-state index contributed by atoms with van der Waals surface area (Å²) < 4.78 is 5.70. The number of ether oxygens (including phenoxy) is 1. The van der Waals surface area contributed by atoms with Crippen LogP contribution in [-0.4, -0.2) is 6.10 Å². The Kier molecular flexibility index (Phi) is 5.09. The van der Waals surface area contributed by atoms with Crippen molar-refractivity contribution in [3.63, 3.8) is 0 Å². The van der Waals surface area contributed by atoms with Crippen molar-refractivity contribution < 1.29 is 4.74 Å². The Morgan fingerprint density at radius 3 is 2.33 bits per heavy atom. The zero-order valence-corrected chi connectivity index (χ0v) is 13.0. The van der Waals surface area contributed by atoms with Gasteiger partial charge in [-0.3, -0.25) is 0 Å². The second kappa shape index (κ2) is 7.02. The van der Waals surface area contributed by atoms with Gasteiger partial charge in [0, 0.05) is 6.54 Å². The number of nitrogens with one attached hydrogen (secondary N) is 1. The fraction of sp³-hybridized carbons (Fsp3) is 0.333. The highest BCUT2D eigenvalue weighted by atomic mass is 16.5. The minimum absolute atomic E-state index is 0.115. The van der Waals surface area contributed by atoms with Gasteiger partial charge in [-0.2, -0.15) is 0 Å². The summed E-state index contributed by atoms with van der Waals surface area (Å²) in [5.74, 6) is 0.733. The Labute approximate surface area is 127 Å². The summed E-state index contributed by atoms with van der Waals surface area (Å²) in [5, 5.41) is 3.38. The smallest absolute Gasteiger partial charge is 0.144 e. The van der Waals surface area contributed by atoms with Crippen molar-refractivity contribution in [1.29, 1.82) is 0 Å². The number of nitrogen functional groups attached to an aromatic ring is 1. The predicted molar refractivity (Wildman–Crippen MR) is 89.8 cm³/mol. The number of anilines is 2. The highest BCUT2D eigenvalue weighted by Gasteiger charge is 2.07. The van der Waals surface area contributed by atoms with Crippen LogP contribution < -0.4 is 15.8 Å². The summed E-state index contributed by atoms with van der Waals surface area (Å²) >= 11 is 0. The molecule has 21 heavy (non-hydrogen) atoms. The van der Waals surface area contributed by atoms with Crippen LogP contribution in [0.3, 0.4) is 0 Å². The largest absolute Gasteiger partial charge is 0.489 e. The van der Waals surface area contributed by atoms with Crippen molar-refractivity contribution in [2.45, 2.75) is 39.8 Å². The maximum atomic E-state index is 6.15. The fourth-order valence-electron chi connectivity index (χ4n) is 2.14. The average molecular weight is 284 g/mol. The van der Waals surface area contributed by atoms with Crippen molar-refractivity contribution in [3.8, 4) is 5.75 Å². The van der Waals surface area contributed by atoms with E-state index in [2.05, 4.69) is 36.5 Å². The van der Waals surface area contributed by atoms with Crippen molar-refractivity contribution in [3.05, 3.63) is 53.6 Å². The molecule has 0 unspecified atom stereocenters. The third-order valence-electron chi connectivity index (χ3n) is 3.34. The number of benzene rings is 2. The van der Waals surface area contributed by atoms with E-state index in [9.17, 15) is 0 Å². The van der Waals surface area contributed by atoms with Gasteiger partial charge in [0.1, 0.15) is 5.75 Å². The molecular weight excluding hydrogens is 260 g/mol. The maximum Gasteiger partial charge on any atom is 0.144 e. The Morgan fingerprint density at radius 2 is 1.71 bits per heavy atom. The van der Waals surface area contributed by atoms with Crippen LogP contribution in [0.25, 0.3) is 0 Å². The number of nitrogens with two attached hydrogens (primary N) is 1. The van der Waals surface area contributed by atoms with Crippen LogP contribution in [0.2, 0.25) is 0 Å². The lowest BCUT2D eigenvalue weighted by molar-refractivity contribution is 0.244. The van der Waals surface area contributed by atoms with Crippen molar-refractivity contribution in [2.24, 2.45) is 0 Å². The number of rotatable bonds is 6. The molecule has 0 heterocycles. The number of aryl methyl sites for hydroxylation is 1. The molecule has 0 aliphatic carbocycles. The average Bonchev–Trinajstić information content (AvgIpc) is 2.48. The first-order valence-electron chi connectivity index (χ1n) is 7.47. The molecule has 0 atom stereocenters. The summed E-state index contributed by atoms with van der Waals surface area (Å²) in [4.78, 5) is 0. The van der Waals surface area contributed by atoms with E-state index in [0.717, 1.165) is 24.4 Å². The van der Waals surface area contributed by atoms with Gasteiger partial charge in [-0.15, -0.1) is 0 Å². The molecule has 2 aromatic rings. The van der Waals surface area contributed by atoms with Crippen LogP contribution in [0, 0.1) is 0 Å². The molecule has 0 radical (unpaired) electrons. The summed E-state index contributed by atoms with van der Waals surface area (Å²) in [6.45, 7) is 6.90. The van der Waals surface area contributed by atoms with Crippen LogP contribution in [-0.2, 0) is 13.0 Å². The van der Waals surface area contributed by atoms with Gasteiger partial charge >= 0.3 is 0 Å². The molecule has 3 nitrogen and oxygen atoms in total. The van der Waals surface area contributed by atoms with Gasteiger partial charge in [0.05, 0.1) is 17.5 Å². The molecule has 0 bridgehead atoms. The second-order valence-corrected chi connectivity index (χ2v) is 5.41. The second-order valence-electron chi connectivity index (χ2n) is 5.41. The summed E-state index contributed by atoms with van der Waals surface area (Å²) in [5.41, 5.74) is 10.3. The maximum absolute atomic E-state index is 6.15. The van der Waals surface area contributed by atoms with Crippen LogP contribution >= 0.6 is 0 Å². The normalized spacial score (nSPS) is 10.7. The monoisotopic (exact) mass is 284 g/mol. The summed E-state index contributed by atoms with van der Waals surface area (Å²) in [7, 11) is 0. The number of hydrogen-bond donors (Lipinski definition) is 2. The third-order valence-corrected chi connectivity index (χ3v) is 3.34. The molecule has 3 N–H and O–H groups in total.